The number of hydrogen-bond acceptors (Lipinski definition) is 5. The second-order valence-electron chi connectivity index (χ2n) is 9.90. The summed E-state index contributed by atoms with van der Waals surface area (Å²) in [6, 6.07) is 27.7. The Morgan fingerprint density at radius 2 is 1.70 bits per heavy atom. The van der Waals surface area contributed by atoms with Gasteiger partial charge in [-0.3, -0.25) is 9.69 Å². The van der Waals surface area contributed by atoms with Gasteiger partial charge in [-0.2, -0.15) is 0 Å². The summed E-state index contributed by atoms with van der Waals surface area (Å²) in [5.41, 5.74) is 2.69. The number of halogens is 1. The van der Waals surface area contributed by atoms with Crippen molar-refractivity contribution in [2.75, 3.05) is 13.2 Å². The second kappa shape index (κ2) is 12.6. The lowest BCUT2D eigenvalue weighted by Gasteiger charge is -2.17. The number of fused-ring (bicyclic) bond motifs is 1. The number of ether oxygens (including phenoxy) is 2. The monoisotopic (exact) mass is 570 g/mol. The van der Waals surface area contributed by atoms with E-state index in [0.29, 0.717) is 52.3 Å². The van der Waals surface area contributed by atoms with Crippen molar-refractivity contribution in [3.63, 3.8) is 0 Å². The van der Waals surface area contributed by atoms with Crippen molar-refractivity contribution in [2.24, 2.45) is 10.9 Å². The molecule has 7 heteroatoms. The van der Waals surface area contributed by atoms with Gasteiger partial charge < -0.3 is 9.47 Å². The molecule has 1 aliphatic rings. The van der Waals surface area contributed by atoms with Crippen LogP contribution < -0.4 is 9.47 Å². The number of nitrogens with zero attached hydrogens (tertiary/aromatic N) is 2. The highest BCUT2D eigenvalue weighted by molar-refractivity contribution is 8.18. The predicted molar refractivity (Wildman–Crippen MR) is 167 cm³/mol. The molecule has 0 bridgehead atoms. The van der Waals surface area contributed by atoms with Crippen LogP contribution in [0.2, 0.25) is 5.02 Å². The Hall–Kier alpha value is -3.74. The molecule has 4 aromatic rings. The van der Waals surface area contributed by atoms with Crippen molar-refractivity contribution in [1.29, 1.82) is 0 Å². The van der Waals surface area contributed by atoms with Crippen LogP contribution in [0.25, 0.3) is 16.8 Å². The topological polar surface area (TPSA) is 51.1 Å². The molecule has 5 rings (SSSR count). The summed E-state index contributed by atoms with van der Waals surface area (Å²) >= 11 is 7.41. The summed E-state index contributed by atoms with van der Waals surface area (Å²) < 4.78 is 12.1. The molecular weight excluding hydrogens is 540 g/mol. The van der Waals surface area contributed by atoms with Gasteiger partial charge in [0, 0.05) is 11.6 Å². The molecule has 5 nitrogen and oxygen atoms in total. The molecule has 0 N–H and O–H groups in total. The van der Waals surface area contributed by atoms with Gasteiger partial charge in [-0.05, 0) is 95.0 Å². The molecule has 0 aromatic heterocycles. The fourth-order valence-electron chi connectivity index (χ4n) is 4.39. The third-order valence-electron chi connectivity index (χ3n) is 6.26. The first-order valence-corrected chi connectivity index (χ1v) is 14.5. The normalized spacial score (nSPS) is 15.5. The number of aliphatic imine (C=N–C) groups is 1. The van der Waals surface area contributed by atoms with Crippen LogP contribution in [-0.4, -0.2) is 29.1 Å². The second-order valence-corrected chi connectivity index (χ2v) is 11.3. The van der Waals surface area contributed by atoms with Crippen LogP contribution in [-0.2, 0) is 11.4 Å². The van der Waals surface area contributed by atoms with Gasteiger partial charge >= 0.3 is 0 Å². The van der Waals surface area contributed by atoms with Crippen LogP contribution in [0.3, 0.4) is 0 Å². The molecule has 0 radical (unpaired) electrons. The summed E-state index contributed by atoms with van der Waals surface area (Å²) in [5.74, 6) is 1.54. The number of benzene rings is 4. The smallest absolute Gasteiger partial charge is 0.266 e. The quantitative estimate of drug-likeness (QED) is 0.189. The van der Waals surface area contributed by atoms with Gasteiger partial charge in [-0.25, -0.2) is 4.99 Å². The molecule has 40 heavy (non-hydrogen) atoms. The molecule has 0 aliphatic carbocycles. The Morgan fingerprint density at radius 3 is 2.45 bits per heavy atom. The maximum Gasteiger partial charge on any atom is 0.266 e. The van der Waals surface area contributed by atoms with Crippen LogP contribution in [0.5, 0.6) is 11.5 Å². The standard InChI is InChI=1S/C33H31ClN2O3S/c1-4-38-30-18-23(10-16-29(30)39-21-24-9-11-25-7-5-6-8-26(25)17-24)19-31-32(37)36(20-22(2)3)33(40-31)35-28-14-12-27(34)13-15-28/h5-19,22H,4,20-21H2,1-3H3/b31-19-,35-33?. The maximum atomic E-state index is 13.4. The Balaban J connectivity index is 1.38. The highest BCUT2D eigenvalue weighted by atomic mass is 35.5. The average Bonchev–Trinajstić information content (AvgIpc) is 3.22. The van der Waals surface area contributed by atoms with E-state index in [1.165, 1.54) is 22.5 Å². The Kier molecular flexibility index (Phi) is 8.78. The van der Waals surface area contributed by atoms with Gasteiger partial charge in [-0.1, -0.05) is 67.9 Å². The molecule has 0 atom stereocenters. The lowest BCUT2D eigenvalue weighted by atomic mass is 10.1. The lowest BCUT2D eigenvalue weighted by Crippen LogP contribution is -2.32. The van der Waals surface area contributed by atoms with E-state index in [0.717, 1.165) is 16.8 Å². The van der Waals surface area contributed by atoms with Crippen molar-refractivity contribution >= 4 is 57.0 Å². The first-order chi connectivity index (χ1) is 19.4. The fraction of sp³-hybridized carbons (Fsp3) is 0.212. The van der Waals surface area contributed by atoms with Crippen molar-refractivity contribution in [3.8, 4) is 11.5 Å². The fourth-order valence-corrected chi connectivity index (χ4v) is 5.52. The number of carbonyl (C=O) groups excluding carboxylic acids is 1. The summed E-state index contributed by atoms with van der Waals surface area (Å²) in [5, 5.41) is 3.69. The van der Waals surface area contributed by atoms with Gasteiger partial charge in [-0.15, -0.1) is 0 Å². The van der Waals surface area contributed by atoms with Crippen LogP contribution in [0.15, 0.2) is 94.8 Å². The molecule has 204 valence electrons. The highest BCUT2D eigenvalue weighted by Gasteiger charge is 2.33. The highest BCUT2D eigenvalue weighted by Crippen LogP contribution is 2.37. The van der Waals surface area contributed by atoms with E-state index >= 15 is 0 Å². The van der Waals surface area contributed by atoms with E-state index < -0.39 is 0 Å². The van der Waals surface area contributed by atoms with Crippen LogP contribution in [0, 0.1) is 5.92 Å². The molecule has 0 saturated carbocycles. The van der Waals surface area contributed by atoms with Crippen molar-refractivity contribution < 1.29 is 14.3 Å². The number of amides is 1. The third kappa shape index (κ3) is 6.69. The third-order valence-corrected chi connectivity index (χ3v) is 7.52. The van der Waals surface area contributed by atoms with Crippen LogP contribution >= 0.6 is 23.4 Å². The number of thioether (sulfide) groups is 1. The molecule has 1 fully saturated rings. The summed E-state index contributed by atoms with van der Waals surface area (Å²) in [7, 11) is 0. The zero-order valence-corrected chi connectivity index (χ0v) is 24.3. The number of carbonyl (C=O) groups is 1. The molecular formula is C33H31ClN2O3S. The zero-order chi connectivity index (χ0) is 28.1. The van der Waals surface area contributed by atoms with E-state index in [1.807, 2.05) is 55.5 Å². The molecule has 1 amide bonds. The molecule has 0 unspecified atom stereocenters. The van der Waals surface area contributed by atoms with Gasteiger partial charge in [0.15, 0.2) is 16.7 Å². The zero-order valence-electron chi connectivity index (χ0n) is 22.8. The van der Waals surface area contributed by atoms with E-state index in [9.17, 15) is 4.79 Å². The SMILES string of the molecule is CCOc1cc(/C=C2\SC(=Nc3ccc(Cl)cc3)N(CC(C)C)C2=O)ccc1OCc1ccc2ccccc2c1. The minimum atomic E-state index is -0.0546. The van der Waals surface area contributed by atoms with Gasteiger partial charge in [0.05, 0.1) is 17.2 Å². The first kappa shape index (κ1) is 27.8. The van der Waals surface area contributed by atoms with Gasteiger partial charge in [0.25, 0.3) is 5.91 Å². The molecule has 1 saturated heterocycles. The minimum absolute atomic E-state index is 0.0546. The van der Waals surface area contributed by atoms with Crippen molar-refractivity contribution in [1.82, 2.24) is 4.90 Å². The van der Waals surface area contributed by atoms with Crippen LogP contribution in [0.4, 0.5) is 5.69 Å². The predicted octanol–water partition coefficient (Wildman–Crippen LogP) is 8.73. The van der Waals surface area contributed by atoms with Crippen molar-refractivity contribution in [2.45, 2.75) is 27.4 Å². The number of amidine groups is 1. The maximum absolute atomic E-state index is 13.4. The summed E-state index contributed by atoms with van der Waals surface area (Å²) in [4.78, 5) is 20.5. The van der Waals surface area contributed by atoms with E-state index in [-0.39, 0.29) is 5.91 Å². The molecule has 0 spiro atoms. The average molecular weight is 571 g/mol. The summed E-state index contributed by atoms with van der Waals surface area (Å²) in [6.45, 7) is 7.63. The Morgan fingerprint density at radius 1 is 0.925 bits per heavy atom. The van der Waals surface area contributed by atoms with E-state index in [2.05, 4.69) is 44.2 Å². The number of rotatable bonds is 9. The largest absolute Gasteiger partial charge is 0.490 e. The Bertz CT molecular complexity index is 1580. The molecule has 1 heterocycles. The van der Waals surface area contributed by atoms with Crippen molar-refractivity contribution in [3.05, 3.63) is 106 Å². The molecule has 1 aliphatic heterocycles. The van der Waals surface area contributed by atoms with E-state index in [4.69, 9.17) is 26.1 Å². The first-order valence-electron chi connectivity index (χ1n) is 13.3. The summed E-state index contributed by atoms with van der Waals surface area (Å²) in [6.07, 6.45) is 1.89. The van der Waals surface area contributed by atoms with Gasteiger partial charge in [0.2, 0.25) is 0 Å². The minimum Gasteiger partial charge on any atom is -0.490 e. The Labute approximate surface area is 244 Å². The number of hydrogen-bond donors (Lipinski definition) is 0. The van der Waals surface area contributed by atoms with Crippen LogP contribution in [0.1, 0.15) is 31.9 Å². The molecule has 4 aromatic carbocycles. The van der Waals surface area contributed by atoms with E-state index in [1.54, 1.807) is 17.0 Å². The lowest BCUT2D eigenvalue weighted by molar-refractivity contribution is -0.122. The van der Waals surface area contributed by atoms with Gasteiger partial charge in [0.1, 0.15) is 6.61 Å².